The number of nitrogens with zero attached hydrogens (tertiary/aromatic N) is 5. The average molecular weight is 357 g/mol. The Balaban J connectivity index is 2.17. The number of carbonyl (C=O) groups excluding carboxylic acids is 1. The van der Waals surface area contributed by atoms with E-state index < -0.39 is 0 Å². The van der Waals surface area contributed by atoms with Crippen LogP contribution in [0.25, 0.3) is 5.65 Å². The molecular formula is C19H27N5O2. The van der Waals surface area contributed by atoms with E-state index in [1.165, 1.54) is 6.20 Å². The van der Waals surface area contributed by atoms with Crippen molar-refractivity contribution >= 4 is 11.6 Å². The van der Waals surface area contributed by atoms with E-state index in [9.17, 15) is 4.79 Å². The number of methoxy groups -OCH3 is 1. The Hall–Kier alpha value is -2.46. The number of hydrogen-bond acceptors (Lipinski definition) is 5. The van der Waals surface area contributed by atoms with Crippen molar-refractivity contribution in [2.75, 3.05) is 26.8 Å². The number of nitriles is 1. The molecule has 0 aliphatic carbocycles. The minimum atomic E-state index is 0.118. The summed E-state index contributed by atoms with van der Waals surface area (Å²) in [6.07, 6.45) is 2.54. The Labute approximate surface area is 154 Å². The van der Waals surface area contributed by atoms with Crippen molar-refractivity contribution in [3.8, 4) is 6.07 Å². The van der Waals surface area contributed by atoms with Gasteiger partial charge in [0.05, 0.1) is 12.8 Å². The van der Waals surface area contributed by atoms with Crippen LogP contribution in [0.2, 0.25) is 0 Å². The molecule has 0 atom stereocenters. The highest BCUT2D eigenvalue weighted by atomic mass is 16.5. The van der Waals surface area contributed by atoms with Gasteiger partial charge in [0.2, 0.25) is 5.91 Å². The van der Waals surface area contributed by atoms with Gasteiger partial charge in [-0.1, -0.05) is 13.8 Å². The summed E-state index contributed by atoms with van der Waals surface area (Å²) in [5.41, 5.74) is 3.80. The summed E-state index contributed by atoms with van der Waals surface area (Å²) < 4.78 is 6.81. The Morgan fingerprint density at radius 2 is 2.15 bits per heavy atom. The molecule has 0 saturated carbocycles. The zero-order valence-corrected chi connectivity index (χ0v) is 16.2. The van der Waals surface area contributed by atoms with Crippen LogP contribution in [0.3, 0.4) is 0 Å². The molecule has 0 aromatic carbocycles. The second-order valence-corrected chi connectivity index (χ2v) is 6.89. The quantitative estimate of drug-likeness (QED) is 0.724. The second kappa shape index (κ2) is 8.77. The molecule has 140 valence electrons. The predicted octanol–water partition coefficient (Wildman–Crippen LogP) is 2.28. The second-order valence-electron chi connectivity index (χ2n) is 6.89. The topological polar surface area (TPSA) is 83.5 Å². The zero-order valence-electron chi connectivity index (χ0n) is 16.2. The molecule has 0 aliphatic heterocycles. The number of rotatable bonds is 8. The molecule has 7 heteroatoms. The molecule has 2 aromatic rings. The highest BCUT2D eigenvalue weighted by Gasteiger charge is 2.18. The third-order valence-corrected chi connectivity index (χ3v) is 4.42. The molecule has 0 spiro atoms. The van der Waals surface area contributed by atoms with E-state index in [0.29, 0.717) is 43.1 Å². The molecule has 2 heterocycles. The van der Waals surface area contributed by atoms with Gasteiger partial charge in [-0.2, -0.15) is 10.4 Å². The molecule has 0 saturated heterocycles. The lowest BCUT2D eigenvalue weighted by atomic mass is 10.1. The summed E-state index contributed by atoms with van der Waals surface area (Å²) in [5, 5.41) is 13.4. The van der Waals surface area contributed by atoms with E-state index in [2.05, 4.69) is 30.0 Å². The first-order valence-electron chi connectivity index (χ1n) is 8.89. The van der Waals surface area contributed by atoms with Crippen molar-refractivity contribution < 1.29 is 9.53 Å². The van der Waals surface area contributed by atoms with Gasteiger partial charge < -0.3 is 9.64 Å². The van der Waals surface area contributed by atoms with Crippen molar-refractivity contribution in [2.45, 2.75) is 40.5 Å². The Morgan fingerprint density at radius 1 is 1.42 bits per heavy atom. The molecule has 26 heavy (non-hydrogen) atoms. The molecule has 0 radical (unpaired) electrons. The third-order valence-electron chi connectivity index (χ3n) is 4.42. The standard InChI is InChI=1S/C19H27N5O2/c1-13(2)12-23(8-9-26-5)18(25)7-6-17-14(3)22-19-16(10-20)11-21-24(19)15(17)4/h11,13H,6-9,12H2,1-5H3. The Bertz CT molecular complexity index is 819. The maximum Gasteiger partial charge on any atom is 0.222 e. The molecule has 1 amide bonds. The van der Waals surface area contributed by atoms with Crippen molar-refractivity contribution in [1.29, 1.82) is 5.26 Å². The fourth-order valence-electron chi connectivity index (χ4n) is 3.10. The van der Waals surface area contributed by atoms with Crippen LogP contribution in [0.5, 0.6) is 0 Å². The van der Waals surface area contributed by atoms with Crippen LogP contribution in [-0.4, -0.2) is 52.2 Å². The first kappa shape index (κ1) is 19.9. The minimum absolute atomic E-state index is 0.118. The lowest BCUT2D eigenvalue weighted by Gasteiger charge is -2.24. The largest absolute Gasteiger partial charge is 0.383 e. The summed E-state index contributed by atoms with van der Waals surface area (Å²) in [6.45, 7) is 9.93. The summed E-state index contributed by atoms with van der Waals surface area (Å²) in [6, 6.07) is 2.11. The first-order valence-corrected chi connectivity index (χ1v) is 8.89. The summed E-state index contributed by atoms with van der Waals surface area (Å²) in [5.74, 6) is 0.526. The number of carbonyl (C=O) groups is 1. The van der Waals surface area contributed by atoms with Gasteiger partial charge >= 0.3 is 0 Å². The Morgan fingerprint density at radius 3 is 2.77 bits per heavy atom. The van der Waals surface area contributed by atoms with Crippen LogP contribution in [0, 0.1) is 31.1 Å². The lowest BCUT2D eigenvalue weighted by Crippen LogP contribution is -2.37. The van der Waals surface area contributed by atoms with Crippen molar-refractivity contribution in [1.82, 2.24) is 19.5 Å². The van der Waals surface area contributed by atoms with E-state index in [4.69, 9.17) is 10.00 Å². The fourth-order valence-corrected chi connectivity index (χ4v) is 3.10. The van der Waals surface area contributed by atoms with Gasteiger partial charge in [-0.25, -0.2) is 9.50 Å². The molecule has 0 N–H and O–H groups in total. The van der Waals surface area contributed by atoms with Crippen LogP contribution in [0.1, 0.15) is 42.8 Å². The molecule has 0 unspecified atom stereocenters. The Kier molecular flexibility index (Phi) is 6.70. The average Bonchev–Trinajstić information content (AvgIpc) is 3.00. The smallest absolute Gasteiger partial charge is 0.222 e. The van der Waals surface area contributed by atoms with Crippen molar-refractivity contribution in [2.24, 2.45) is 5.92 Å². The van der Waals surface area contributed by atoms with Crippen molar-refractivity contribution in [3.05, 3.63) is 28.7 Å². The number of amides is 1. The minimum Gasteiger partial charge on any atom is -0.383 e. The van der Waals surface area contributed by atoms with Gasteiger partial charge in [-0.3, -0.25) is 4.79 Å². The van der Waals surface area contributed by atoms with Crippen LogP contribution < -0.4 is 0 Å². The van der Waals surface area contributed by atoms with E-state index in [1.807, 2.05) is 18.7 Å². The number of aromatic nitrogens is 3. The van der Waals surface area contributed by atoms with Gasteiger partial charge in [0, 0.05) is 38.0 Å². The van der Waals surface area contributed by atoms with E-state index in [1.54, 1.807) is 11.6 Å². The summed E-state index contributed by atoms with van der Waals surface area (Å²) in [7, 11) is 1.64. The van der Waals surface area contributed by atoms with Crippen LogP contribution in [0.4, 0.5) is 0 Å². The van der Waals surface area contributed by atoms with E-state index >= 15 is 0 Å². The van der Waals surface area contributed by atoms with Gasteiger partial charge in [0.1, 0.15) is 11.6 Å². The van der Waals surface area contributed by atoms with Crippen LogP contribution in [0.15, 0.2) is 6.20 Å². The van der Waals surface area contributed by atoms with E-state index in [-0.39, 0.29) is 5.91 Å². The predicted molar refractivity (Wildman–Crippen MR) is 98.8 cm³/mol. The fraction of sp³-hybridized carbons (Fsp3) is 0.579. The number of hydrogen-bond donors (Lipinski definition) is 0. The summed E-state index contributed by atoms with van der Waals surface area (Å²) in [4.78, 5) is 19.1. The maximum atomic E-state index is 12.7. The molecular weight excluding hydrogens is 330 g/mol. The summed E-state index contributed by atoms with van der Waals surface area (Å²) >= 11 is 0. The number of fused-ring (bicyclic) bond motifs is 1. The van der Waals surface area contributed by atoms with Crippen LogP contribution in [-0.2, 0) is 16.0 Å². The molecule has 0 aliphatic rings. The SMILES string of the molecule is COCCN(CC(C)C)C(=O)CCc1c(C)nc2c(C#N)cnn2c1C. The van der Waals surface area contributed by atoms with Gasteiger partial charge in [-0.15, -0.1) is 0 Å². The normalized spacial score (nSPS) is 11.1. The molecule has 7 nitrogen and oxygen atoms in total. The highest BCUT2D eigenvalue weighted by Crippen LogP contribution is 2.18. The number of ether oxygens (including phenoxy) is 1. The molecule has 0 fully saturated rings. The molecule has 2 aromatic heterocycles. The molecule has 0 bridgehead atoms. The van der Waals surface area contributed by atoms with Gasteiger partial charge in [0.25, 0.3) is 0 Å². The van der Waals surface area contributed by atoms with E-state index in [0.717, 1.165) is 23.5 Å². The lowest BCUT2D eigenvalue weighted by molar-refractivity contribution is -0.132. The highest BCUT2D eigenvalue weighted by molar-refractivity contribution is 5.76. The first-order chi connectivity index (χ1) is 12.4. The number of aryl methyl sites for hydroxylation is 2. The maximum absolute atomic E-state index is 12.7. The van der Waals surface area contributed by atoms with Crippen molar-refractivity contribution in [3.63, 3.8) is 0 Å². The third kappa shape index (κ3) is 4.38. The monoisotopic (exact) mass is 357 g/mol. The van der Waals surface area contributed by atoms with Gasteiger partial charge in [-0.05, 0) is 31.7 Å². The zero-order chi connectivity index (χ0) is 19.3. The van der Waals surface area contributed by atoms with Crippen LogP contribution >= 0.6 is 0 Å². The molecule has 2 rings (SSSR count). The van der Waals surface area contributed by atoms with Gasteiger partial charge in [0.15, 0.2) is 5.65 Å².